The van der Waals surface area contributed by atoms with Gasteiger partial charge in [-0.2, -0.15) is 0 Å². The van der Waals surface area contributed by atoms with Gasteiger partial charge in [0.1, 0.15) is 0 Å². The molecule has 1 fully saturated rings. The molecule has 2 rings (SSSR count). The van der Waals surface area contributed by atoms with Gasteiger partial charge in [-0.3, -0.25) is 9.69 Å². The second-order valence-electron chi connectivity index (χ2n) is 4.93. The average molecular weight is 328 g/mol. The van der Waals surface area contributed by atoms with E-state index in [1.165, 1.54) is 0 Å². The smallest absolute Gasteiger partial charge is 0.234 e. The number of hydrogen-bond donors (Lipinski definition) is 1. The molecule has 6 heteroatoms. The highest BCUT2D eigenvalue weighted by molar-refractivity contribution is 6.43. The molecular formula is C15H19Cl2N3O. The number of nitrogens with one attached hydrogen (secondary N) is 1. The largest absolute Gasteiger partial charge is 0.368 e. The Morgan fingerprint density at radius 1 is 1.29 bits per heavy atom. The van der Waals surface area contributed by atoms with Crippen molar-refractivity contribution in [3.8, 4) is 0 Å². The van der Waals surface area contributed by atoms with Gasteiger partial charge >= 0.3 is 0 Å². The van der Waals surface area contributed by atoms with E-state index in [2.05, 4.69) is 21.7 Å². The first-order chi connectivity index (χ1) is 10.1. The number of carbonyl (C=O) groups is 1. The lowest BCUT2D eigenvalue weighted by Crippen LogP contribution is -2.49. The van der Waals surface area contributed by atoms with E-state index in [1.54, 1.807) is 12.1 Å². The van der Waals surface area contributed by atoms with Crippen molar-refractivity contribution in [2.24, 2.45) is 0 Å². The topological polar surface area (TPSA) is 35.6 Å². The highest BCUT2D eigenvalue weighted by atomic mass is 35.5. The summed E-state index contributed by atoms with van der Waals surface area (Å²) in [7, 11) is 0. The van der Waals surface area contributed by atoms with Crippen LogP contribution in [-0.4, -0.2) is 50.1 Å². The van der Waals surface area contributed by atoms with Gasteiger partial charge in [-0.1, -0.05) is 35.3 Å². The van der Waals surface area contributed by atoms with Gasteiger partial charge in [0, 0.05) is 32.7 Å². The number of halogens is 2. The van der Waals surface area contributed by atoms with E-state index in [0.717, 1.165) is 31.9 Å². The molecule has 0 unspecified atom stereocenters. The van der Waals surface area contributed by atoms with E-state index in [9.17, 15) is 4.79 Å². The Kier molecular flexibility index (Phi) is 5.91. The Morgan fingerprint density at radius 3 is 2.67 bits per heavy atom. The number of nitrogens with zero attached hydrogens (tertiary/aromatic N) is 2. The van der Waals surface area contributed by atoms with Crippen LogP contribution in [0.4, 0.5) is 5.69 Å². The number of hydrogen-bond acceptors (Lipinski definition) is 3. The molecule has 4 nitrogen and oxygen atoms in total. The molecule has 114 valence electrons. The van der Waals surface area contributed by atoms with E-state index < -0.39 is 0 Å². The molecule has 0 aromatic heterocycles. The maximum atomic E-state index is 11.7. The fraction of sp³-hybridized carbons (Fsp3) is 0.400. The van der Waals surface area contributed by atoms with Crippen LogP contribution in [0, 0.1) is 0 Å². The Hall–Kier alpha value is -1.23. The summed E-state index contributed by atoms with van der Waals surface area (Å²) in [4.78, 5) is 16.0. The first-order valence-corrected chi connectivity index (χ1v) is 7.66. The van der Waals surface area contributed by atoms with Crippen molar-refractivity contribution < 1.29 is 4.79 Å². The van der Waals surface area contributed by atoms with Crippen LogP contribution in [0.5, 0.6) is 0 Å². The zero-order valence-corrected chi connectivity index (χ0v) is 13.3. The van der Waals surface area contributed by atoms with Crippen LogP contribution >= 0.6 is 23.2 Å². The molecule has 0 spiro atoms. The number of anilines is 1. The van der Waals surface area contributed by atoms with Crippen molar-refractivity contribution in [3.63, 3.8) is 0 Å². The molecule has 1 amide bonds. The van der Waals surface area contributed by atoms with Gasteiger partial charge in [-0.05, 0) is 12.1 Å². The number of rotatable bonds is 5. The Morgan fingerprint density at radius 2 is 2.00 bits per heavy atom. The van der Waals surface area contributed by atoms with Crippen LogP contribution < -0.4 is 10.2 Å². The minimum absolute atomic E-state index is 0.0316. The van der Waals surface area contributed by atoms with Crippen LogP contribution in [0.2, 0.25) is 10.0 Å². The number of carbonyl (C=O) groups excluding carboxylic acids is 1. The Balaban J connectivity index is 1.87. The molecule has 0 atom stereocenters. The molecule has 1 aromatic carbocycles. The Labute approximate surface area is 135 Å². The first kappa shape index (κ1) is 16.1. The highest BCUT2D eigenvalue weighted by Crippen LogP contribution is 2.32. The molecule has 21 heavy (non-hydrogen) atoms. The lowest BCUT2D eigenvalue weighted by atomic mass is 10.2. The first-order valence-electron chi connectivity index (χ1n) is 6.90. The van der Waals surface area contributed by atoms with Gasteiger partial charge in [0.2, 0.25) is 5.91 Å². The zero-order valence-electron chi connectivity index (χ0n) is 11.8. The molecular weight excluding hydrogens is 309 g/mol. The predicted octanol–water partition coefficient (Wildman–Crippen LogP) is 2.42. The fourth-order valence-corrected chi connectivity index (χ4v) is 2.74. The van der Waals surface area contributed by atoms with Crippen molar-refractivity contribution >= 4 is 34.8 Å². The molecule has 1 aliphatic rings. The standard InChI is InChI=1S/C15H19Cl2N3O/c1-2-6-18-14(21)11-19-7-9-20(10-8-19)13-5-3-4-12(16)15(13)17/h2-5H,1,6-11H2,(H,18,21). The molecule has 1 saturated heterocycles. The van der Waals surface area contributed by atoms with E-state index in [1.807, 2.05) is 12.1 Å². The molecule has 0 aliphatic carbocycles. The van der Waals surface area contributed by atoms with Gasteiger partial charge in [-0.25, -0.2) is 0 Å². The van der Waals surface area contributed by atoms with Crippen molar-refractivity contribution in [2.75, 3.05) is 44.2 Å². The molecule has 0 radical (unpaired) electrons. The van der Waals surface area contributed by atoms with Crippen molar-refractivity contribution in [1.29, 1.82) is 0 Å². The average Bonchev–Trinajstić information content (AvgIpc) is 2.49. The van der Waals surface area contributed by atoms with Crippen molar-refractivity contribution in [3.05, 3.63) is 40.9 Å². The predicted molar refractivity (Wildman–Crippen MR) is 88.3 cm³/mol. The molecule has 1 aliphatic heterocycles. The van der Waals surface area contributed by atoms with E-state index in [0.29, 0.717) is 23.1 Å². The minimum Gasteiger partial charge on any atom is -0.368 e. The van der Waals surface area contributed by atoms with E-state index in [-0.39, 0.29) is 5.91 Å². The van der Waals surface area contributed by atoms with Crippen molar-refractivity contribution in [2.45, 2.75) is 0 Å². The normalized spacial score (nSPS) is 15.8. The lowest BCUT2D eigenvalue weighted by molar-refractivity contribution is -0.122. The van der Waals surface area contributed by atoms with Crippen LogP contribution in [0.3, 0.4) is 0 Å². The molecule has 0 saturated carbocycles. The van der Waals surface area contributed by atoms with Crippen molar-refractivity contribution in [1.82, 2.24) is 10.2 Å². The van der Waals surface area contributed by atoms with Crippen LogP contribution in [-0.2, 0) is 4.79 Å². The summed E-state index contributed by atoms with van der Waals surface area (Å²) >= 11 is 12.3. The summed E-state index contributed by atoms with van der Waals surface area (Å²) in [5.41, 5.74) is 0.958. The van der Waals surface area contributed by atoms with Gasteiger partial charge in [0.15, 0.2) is 0 Å². The monoisotopic (exact) mass is 327 g/mol. The van der Waals surface area contributed by atoms with E-state index in [4.69, 9.17) is 23.2 Å². The number of amides is 1. The Bertz CT molecular complexity index is 514. The summed E-state index contributed by atoms with van der Waals surface area (Å²) < 4.78 is 0. The number of benzene rings is 1. The van der Waals surface area contributed by atoms with E-state index >= 15 is 0 Å². The summed E-state index contributed by atoms with van der Waals surface area (Å²) in [5.74, 6) is 0.0316. The molecule has 1 N–H and O–H groups in total. The summed E-state index contributed by atoms with van der Waals surface area (Å²) in [6.07, 6.45) is 1.68. The highest BCUT2D eigenvalue weighted by Gasteiger charge is 2.20. The lowest BCUT2D eigenvalue weighted by Gasteiger charge is -2.36. The zero-order chi connectivity index (χ0) is 15.2. The minimum atomic E-state index is 0.0316. The molecule has 0 bridgehead atoms. The third-order valence-electron chi connectivity index (χ3n) is 3.45. The molecule has 1 aromatic rings. The molecule has 1 heterocycles. The third kappa shape index (κ3) is 4.37. The quantitative estimate of drug-likeness (QED) is 0.843. The van der Waals surface area contributed by atoms with Crippen LogP contribution in [0.1, 0.15) is 0 Å². The van der Waals surface area contributed by atoms with Crippen LogP contribution in [0.25, 0.3) is 0 Å². The third-order valence-corrected chi connectivity index (χ3v) is 4.26. The summed E-state index contributed by atoms with van der Waals surface area (Å²) in [5, 5.41) is 3.95. The van der Waals surface area contributed by atoms with Crippen LogP contribution in [0.15, 0.2) is 30.9 Å². The van der Waals surface area contributed by atoms with Gasteiger partial charge < -0.3 is 10.2 Å². The SMILES string of the molecule is C=CCNC(=O)CN1CCN(c2cccc(Cl)c2Cl)CC1. The maximum absolute atomic E-state index is 11.7. The second kappa shape index (κ2) is 7.69. The summed E-state index contributed by atoms with van der Waals surface area (Å²) in [6, 6.07) is 5.66. The van der Waals surface area contributed by atoms with Gasteiger partial charge in [0.05, 0.1) is 22.3 Å². The maximum Gasteiger partial charge on any atom is 0.234 e. The summed E-state index contributed by atoms with van der Waals surface area (Å²) in [6.45, 7) is 7.82. The van der Waals surface area contributed by atoms with Gasteiger partial charge in [0.25, 0.3) is 0 Å². The second-order valence-corrected chi connectivity index (χ2v) is 5.71. The fourth-order valence-electron chi connectivity index (χ4n) is 2.33. The van der Waals surface area contributed by atoms with Gasteiger partial charge in [-0.15, -0.1) is 6.58 Å². The number of piperazine rings is 1.